The van der Waals surface area contributed by atoms with Crippen LogP contribution in [0.2, 0.25) is 0 Å². The monoisotopic (exact) mass is 1710 g/mol. The number of nitrogens with zero attached hydrogens (tertiary/aromatic N) is 4. The third-order valence-electron chi connectivity index (χ3n) is 20.0. The number of aliphatic hydroxyl groups excluding tert-OH is 1. The third kappa shape index (κ3) is 34.0. The molecule has 2 aromatic rings. The molecule has 0 aliphatic carbocycles. The molecule has 2 aliphatic rings. The molecular weight excluding hydrogens is 1590 g/mol. The number of nitrogens with one attached hydrogen (secondary N) is 17. The highest BCUT2D eigenvalue weighted by atomic mass is 32.2. The van der Waals surface area contributed by atoms with Crippen molar-refractivity contribution in [3.63, 3.8) is 0 Å². The van der Waals surface area contributed by atoms with Crippen molar-refractivity contribution in [2.24, 2.45) is 45.9 Å². The highest BCUT2D eigenvalue weighted by Crippen LogP contribution is 2.21. The first-order valence-electron chi connectivity index (χ1n) is 40.3. The number of aromatic nitrogens is 4. The molecule has 16 atom stereocenters. The van der Waals surface area contributed by atoms with Crippen LogP contribution in [0.15, 0.2) is 30.0 Å². The highest BCUT2D eigenvalue weighted by Gasteiger charge is 2.43. The van der Waals surface area contributed by atoms with E-state index in [1.807, 2.05) is 0 Å². The molecule has 670 valence electrons. The number of likely N-dealkylation sites (tertiary alicyclic amines) is 1. The van der Waals surface area contributed by atoms with Crippen molar-refractivity contribution in [1.29, 1.82) is 0 Å². The maximum Gasteiger partial charge on any atom is 0.326 e. The summed E-state index contributed by atoms with van der Waals surface area (Å²) in [7, 11) is 0. The van der Waals surface area contributed by atoms with Crippen LogP contribution >= 0.6 is 11.8 Å². The second-order valence-electron chi connectivity index (χ2n) is 30.8. The van der Waals surface area contributed by atoms with Gasteiger partial charge in [0, 0.05) is 49.7 Å². The van der Waals surface area contributed by atoms with Gasteiger partial charge in [0.05, 0.1) is 44.3 Å². The van der Waals surface area contributed by atoms with Crippen molar-refractivity contribution in [1.82, 2.24) is 105 Å². The fourth-order valence-corrected chi connectivity index (χ4v) is 13.5. The molecule has 120 heavy (non-hydrogen) atoms. The van der Waals surface area contributed by atoms with Gasteiger partial charge in [-0.2, -0.15) is 11.8 Å². The van der Waals surface area contributed by atoms with Crippen LogP contribution in [0.5, 0.6) is 0 Å². The van der Waals surface area contributed by atoms with Crippen molar-refractivity contribution >= 4 is 118 Å². The average molecular weight is 1710 g/mol. The quantitative estimate of drug-likeness (QED) is 0.0166. The van der Waals surface area contributed by atoms with Crippen LogP contribution in [0.3, 0.4) is 0 Å². The molecule has 0 saturated carbocycles. The van der Waals surface area contributed by atoms with Gasteiger partial charge in [-0.05, 0) is 127 Å². The van der Waals surface area contributed by atoms with Crippen LogP contribution in [0.25, 0.3) is 0 Å². The Hall–Kier alpha value is -11.1. The van der Waals surface area contributed by atoms with Gasteiger partial charge in [0.15, 0.2) is 5.96 Å². The fourth-order valence-electron chi connectivity index (χ4n) is 13.0. The first-order valence-corrected chi connectivity index (χ1v) is 41.6. The summed E-state index contributed by atoms with van der Waals surface area (Å²) < 4.78 is 0. The number of hydrogen-bond acceptors (Lipinski definition) is 24. The number of carboxylic acid groups (broad SMARTS) is 2. The number of nitrogens with two attached hydrogens (primary N) is 3. The smallest absolute Gasteiger partial charge is 0.326 e. The molecule has 45 heteroatoms. The Bertz CT molecular complexity index is 3800. The number of carboxylic acids is 2. The molecule has 0 spiro atoms. The number of aliphatic carboxylic acids is 2. The Kier molecular flexibility index (Phi) is 43.4. The number of imidazole rings is 2. The Morgan fingerprint density at radius 3 is 1.52 bits per heavy atom. The molecule has 0 unspecified atom stereocenters. The van der Waals surface area contributed by atoms with E-state index >= 15 is 0 Å². The summed E-state index contributed by atoms with van der Waals surface area (Å²) in [6.07, 6.45) is 7.19. The number of thioether (sulfide) groups is 1. The molecule has 2 aromatic heterocycles. The summed E-state index contributed by atoms with van der Waals surface area (Å²) in [4.78, 5) is 252. The Labute approximate surface area is 700 Å². The highest BCUT2D eigenvalue weighted by molar-refractivity contribution is 7.98. The Morgan fingerprint density at radius 2 is 1.01 bits per heavy atom. The van der Waals surface area contributed by atoms with Crippen LogP contribution in [0, 0.1) is 23.7 Å². The summed E-state index contributed by atoms with van der Waals surface area (Å²) in [5.41, 5.74) is 17.0. The maximum atomic E-state index is 14.4. The van der Waals surface area contributed by atoms with E-state index in [1.165, 1.54) is 69.4 Å². The number of aliphatic hydroxyl groups is 1. The molecule has 0 aromatic carbocycles. The second-order valence-corrected chi connectivity index (χ2v) is 31.8. The molecule has 2 saturated heterocycles. The average Bonchev–Trinajstić information content (AvgIpc) is 1.64. The predicted octanol–water partition coefficient (Wildman–Crippen LogP) is -6.38. The number of rotatable bonds is 53. The number of aliphatic imine (C=N–C) groups is 1. The molecule has 44 nitrogen and oxygen atoms in total. The van der Waals surface area contributed by atoms with E-state index in [2.05, 4.69) is 105 Å². The van der Waals surface area contributed by atoms with Crippen molar-refractivity contribution in [3.8, 4) is 0 Å². The zero-order valence-electron chi connectivity index (χ0n) is 69.8. The minimum Gasteiger partial charge on any atom is -0.481 e. The zero-order chi connectivity index (χ0) is 89.6. The van der Waals surface area contributed by atoms with E-state index in [9.17, 15) is 96.8 Å². The van der Waals surface area contributed by atoms with Gasteiger partial charge < -0.3 is 127 Å². The third-order valence-corrected chi connectivity index (χ3v) is 20.7. The molecule has 4 rings (SSSR count). The number of carbonyl (C=O) groups is 17. The number of aromatic amines is 2. The van der Waals surface area contributed by atoms with Crippen molar-refractivity contribution in [2.45, 2.75) is 250 Å². The van der Waals surface area contributed by atoms with E-state index in [-0.39, 0.29) is 75.7 Å². The first-order chi connectivity index (χ1) is 56.7. The van der Waals surface area contributed by atoms with Gasteiger partial charge in [0.1, 0.15) is 78.5 Å². The van der Waals surface area contributed by atoms with E-state index in [4.69, 9.17) is 17.2 Å². The lowest BCUT2D eigenvalue weighted by atomic mass is 9.96. The number of amides is 15. The topological polar surface area (TPSA) is 682 Å². The first kappa shape index (κ1) is 101. The minimum absolute atomic E-state index is 0.0283. The number of H-pyrrole nitrogens is 2. The van der Waals surface area contributed by atoms with E-state index in [1.54, 1.807) is 47.8 Å². The van der Waals surface area contributed by atoms with Crippen LogP contribution in [0.1, 0.15) is 158 Å². The van der Waals surface area contributed by atoms with Gasteiger partial charge in [0.2, 0.25) is 88.6 Å². The standard InChI is InChI=1S/C75H124N24O20S/c1-12-40(8)59(97-72(116)60(42(10)100)98-70(114)58(39(6)7)96-69(113)57(38(4)5)95-67(111)52-21-17-26-99(52)73(117)41(9)87-64(108)46(20-16-25-82-75(77)78)90-63(107)45-19-15-24-81-45)71(115)91-47(22-27-120-11)61(105)83-34-54(102)89-50(29-44-32-80-36-86-44)66(110)94-56(37(2)3)68(112)93-51(30-55(103)104)65(109)92-49(28-43-31-79-35-85-43)62(106)84-33-53(101)88-48(74(118)119)18-13-14-23-76/h31-32,35-42,45-52,56-60,81,100H,12-30,33-34,76H2,1-11H3,(H,79,85)(H,80,86)(H,83,105)(H,84,106)(H,87,108)(H,88,101)(H,89,102)(H,90,107)(H,91,115)(H,92,109)(H,93,112)(H,94,110)(H,95,111)(H,96,113)(H,97,116)(H,98,114)(H,103,104)(H,118,119)(H4,77,78,82)/t40-,41-,42+,45-,46-,47-,48-,49-,50-,51-,52-,56-,57-,58-,59-,60-/m0/s1. The van der Waals surface area contributed by atoms with Gasteiger partial charge in [-0.25, -0.2) is 14.8 Å². The number of guanidine groups is 1. The van der Waals surface area contributed by atoms with E-state index < -0.39 is 229 Å². The molecule has 0 radical (unpaired) electrons. The van der Waals surface area contributed by atoms with Gasteiger partial charge in [0.25, 0.3) is 0 Å². The maximum absolute atomic E-state index is 14.4. The molecule has 0 bridgehead atoms. The van der Waals surface area contributed by atoms with Crippen LogP contribution in [-0.2, 0) is 94.3 Å². The summed E-state index contributed by atoms with van der Waals surface area (Å²) in [5.74, 6) is -18.6. The van der Waals surface area contributed by atoms with E-state index in [0.29, 0.717) is 56.6 Å². The van der Waals surface area contributed by atoms with Crippen LogP contribution in [0.4, 0.5) is 0 Å². The lowest BCUT2D eigenvalue weighted by Gasteiger charge is -2.32. The largest absolute Gasteiger partial charge is 0.481 e. The van der Waals surface area contributed by atoms with E-state index in [0.717, 1.165) is 6.42 Å². The lowest BCUT2D eigenvalue weighted by molar-refractivity contribution is -0.142. The molecule has 4 heterocycles. The summed E-state index contributed by atoms with van der Waals surface area (Å²) >= 11 is 1.30. The fraction of sp³-hybridized carbons (Fsp3) is 0.680. The van der Waals surface area contributed by atoms with Crippen molar-refractivity contribution < 1.29 is 96.8 Å². The normalized spacial score (nSPS) is 17.3. The van der Waals surface area contributed by atoms with Gasteiger partial charge in [-0.15, -0.1) is 0 Å². The van der Waals surface area contributed by atoms with Gasteiger partial charge in [-0.1, -0.05) is 61.8 Å². The van der Waals surface area contributed by atoms with Crippen LogP contribution in [-0.4, -0.2) is 289 Å². The van der Waals surface area contributed by atoms with Gasteiger partial charge >= 0.3 is 11.9 Å². The van der Waals surface area contributed by atoms with Crippen molar-refractivity contribution in [3.05, 3.63) is 36.4 Å². The van der Waals surface area contributed by atoms with Gasteiger partial charge in [-0.3, -0.25) is 81.7 Å². The number of carbonyl (C=O) groups excluding carboxylic acids is 15. The molecular formula is C75H124N24O20S. The molecule has 15 amide bonds. The minimum atomic E-state index is -1.91. The number of unbranched alkanes of at least 4 members (excludes halogenated alkanes) is 1. The summed E-state index contributed by atoms with van der Waals surface area (Å²) in [5, 5.41) is 69.2. The second kappa shape index (κ2) is 51.4. The predicted molar refractivity (Wildman–Crippen MR) is 437 cm³/mol. The molecule has 2 aliphatic heterocycles. The molecule has 2 fully saturated rings. The van der Waals surface area contributed by atoms with Crippen molar-refractivity contribution in [2.75, 3.05) is 51.3 Å². The lowest BCUT2D eigenvalue weighted by Crippen LogP contribution is -2.63. The SMILES string of the molecule is CC[C@H](C)[C@H](NC(=O)[C@@H](NC(=O)[C@@H](NC(=O)[C@@H](NC(=O)[C@@H]1CCCN1C(=O)[C@H](C)NC(=O)[C@H](CCCN=C(N)N)NC(=O)[C@@H]1CCCN1)C(C)C)C(C)C)[C@@H](C)O)C(=O)N[C@@H](CCSC)C(=O)NCC(=O)N[C@@H](Cc1cnc[nH]1)C(=O)N[C@H](C(=O)N[C@@H](CC(=O)O)C(=O)N[C@@H](Cc1cnc[nH]1)C(=O)NCC(=O)N[C@@H](CCCCN)C(=O)O)C(C)C. The summed E-state index contributed by atoms with van der Waals surface area (Å²) in [6, 6.07) is -18.9. The zero-order valence-corrected chi connectivity index (χ0v) is 70.7. The molecule has 26 N–H and O–H groups in total. The number of hydrogen-bond donors (Lipinski definition) is 23. The van der Waals surface area contributed by atoms with Crippen LogP contribution < -0.4 is 97.0 Å². The Balaban J connectivity index is 1.44. The summed E-state index contributed by atoms with van der Waals surface area (Å²) in [6.45, 7) is 15.1. The Morgan fingerprint density at radius 1 is 0.533 bits per heavy atom.